The van der Waals surface area contributed by atoms with Crippen LogP contribution < -0.4 is 0 Å². The van der Waals surface area contributed by atoms with E-state index in [2.05, 4.69) is 6.58 Å². The van der Waals surface area contributed by atoms with Crippen molar-refractivity contribution in [1.29, 1.82) is 0 Å². The first-order valence-corrected chi connectivity index (χ1v) is 6.84. The van der Waals surface area contributed by atoms with E-state index >= 15 is 0 Å². The minimum absolute atomic E-state index is 0.140. The lowest BCUT2D eigenvalue weighted by Crippen LogP contribution is -2.11. The highest BCUT2D eigenvalue weighted by Gasteiger charge is 2.23. The molecule has 1 rings (SSSR count). The van der Waals surface area contributed by atoms with Gasteiger partial charge < -0.3 is 9.84 Å². The number of hydrogen-bond acceptors (Lipinski definition) is 3. The molecule has 3 nitrogen and oxygen atoms in total. The van der Waals surface area contributed by atoms with Crippen molar-refractivity contribution in [3.05, 3.63) is 24.3 Å². The van der Waals surface area contributed by atoms with Crippen molar-refractivity contribution in [2.45, 2.75) is 64.1 Å². The SMILES string of the molecule is C=CCCCCCC[C@@H](O)CC1=C[C@H](C)OC1=O. The third kappa shape index (κ3) is 5.50. The van der Waals surface area contributed by atoms with E-state index in [1.807, 2.05) is 13.0 Å². The Morgan fingerprint density at radius 3 is 2.78 bits per heavy atom. The number of hydrogen-bond donors (Lipinski definition) is 1. The molecule has 0 saturated heterocycles. The molecule has 0 radical (unpaired) electrons. The van der Waals surface area contributed by atoms with Crippen LogP contribution in [0.1, 0.15) is 51.9 Å². The summed E-state index contributed by atoms with van der Waals surface area (Å²) in [4.78, 5) is 11.4. The van der Waals surface area contributed by atoms with Crippen molar-refractivity contribution in [2.24, 2.45) is 0 Å². The third-order valence-corrected chi connectivity index (χ3v) is 3.14. The molecule has 1 aliphatic heterocycles. The molecule has 1 aliphatic rings. The molecule has 0 fully saturated rings. The molecule has 0 aromatic rings. The van der Waals surface area contributed by atoms with E-state index < -0.39 is 6.10 Å². The van der Waals surface area contributed by atoms with Gasteiger partial charge >= 0.3 is 5.97 Å². The first-order valence-electron chi connectivity index (χ1n) is 6.84. The van der Waals surface area contributed by atoms with Crippen molar-refractivity contribution in [1.82, 2.24) is 0 Å². The zero-order chi connectivity index (χ0) is 13.4. The number of aliphatic hydroxyl groups is 1. The molecule has 2 atom stereocenters. The molecular weight excluding hydrogens is 228 g/mol. The van der Waals surface area contributed by atoms with Gasteiger partial charge in [-0.25, -0.2) is 4.79 Å². The largest absolute Gasteiger partial charge is 0.455 e. The van der Waals surface area contributed by atoms with Crippen LogP contribution in [0, 0.1) is 0 Å². The van der Waals surface area contributed by atoms with Gasteiger partial charge in [-0.05, 0) is 32.3 Å². The second-order valence-corrected chi connectivity index (χ2v) is 4.94. The fraction of sp³-hybridized carbons (Fsp3) is 0.667. The van der Waals surface area contributed by atoms with Crippen molar-refractivity contribution < 1.29 is 14.6 Å². The van der Waals surface area contributed by atoms with Crippen LogP contribution in [-0.4, -0.2) is 23.3 Å². The number of allylic oxidation sites excluding steroid dienone is 1. The Kier molecular flexibility index (Phi) is 6.73. The molecule has 0 saturated carbocycles. The van der Waals surface area contributed by atoms with E-state index in [0.717, 1.165) is 25.7 Å². The van der Waals surface area contributed by atoms with Gasteiger partial charge in [0.15, 0.2) is 0 Å². The summed E-state index contributed by atoms with van der Waals surface area (Å²) in [5.74, 6) is -0.271. The molecule has 1 heterocycles. The summed E-state index contributed by atoms with van der Waals surface area (Å²) in [6.45, 7) is 5.52. The summed E-state index contributed by atoms with van der Waals surface area (Å²) in [5.41, 5.74) is 0.627. The minimum Gasteiger partial charge on any atom is -0.455 e. The molecule has 0 amide bonds. The van der Waals surface area contributed by atoms with Gasteiger partial charge in [0.1, 0.15) is 6.10 Å². The molecule has 0 aromatic carbocycles. The standard InChI is InChI=1S/C15H24O3/c1-3-4-5-6-7-8-9-14(16)11-13-10-12(2)18-15(13)17/h3,10,12,14,16H,1,4-9,11H2,2H3/t12-,14+/m0/s1. The van der Waals surface area contributed by atoms with E-state index in [-0.39, 0.29) is 12.1 Å². The van der Waals surface area contributed by atoms with E-state index in [0.29, 0.717) is 12.0 Å². The first kappa shape index (κ1) is 15.0. The zero-order valence-electron chi connectivity index (χ0n) is 11.2. The molecule has 3 heteroatoms. The fourth-order valence-corrected chi connectivity index (χ4v) is 2.16. The fourth-order valence-electron chi connectivity index (χ4n) is 2.16. The van der Waals surface area contributed by atoms with Gasteiger partial charge in [0.25, 0.3) is 0 Å². The third-order valence-electron chi connectivity index (χ3n) is 3.14. The number of ether oxygens (including phenoxy) is 1. The predicted octanol–water partition coefficient (Wildman–Crippen LogP) is 3.14. The Morgan fingerprint density at radius 2 is 2.17 bits per heavy atom. The van der Waals surface area contributed by atoms with Crippen molar-refractivity contribution in [3.63, 3.8) is 0 Å². The van der Waals surface area contributed by atoms with Crippen LogP contribution in [-0.2, 0) is 9.53 Å². The van der Waals surface area contributed by atoms with Gasteiger partial charge in [-0.3, -0.25) is 0 Å². The topological polar surface area (TPSA) is 46.5 Å². The quantitative estimate of drug-likeness (QED) is 0.389. The summed E-state index contributed by atoms with van der Waals surface area (Å²) in [7, 11) is 0. The Labute approximate surface area is 110 Å². The minimum atomic E-state index is -0.423. The molecule has 1 N–H and O–H groups in total. The van der Waals surface area contributed by atoms with E-state index in [9.17, 15) is 9.90 Å². The highest BCUT2D eigenvalue weighted by molar-refractivity contribution is 5.90. The lowest BCUT2D eigenvalue weighted by Gasteiger charge is -2.09. The van der Waals surface area contributed by atoms with Crippen LogP contribution in [0.15, 0.2) is 24.3 Å². The summed E-state index contributed by atoms with van der Waals surface area (Å²) in [6, 6.07) is 0. The lowest BCUT2D eigenvalue weighted by molar-refractivity contribution is -0.139. The predicted molar refractivity (Wildman–Crippen MR) is 72.2 cm³/mol. The highest BCUT2D eigenvalue weighted by Crippen LogP contribution is 2.20. The van der Waals surface area contributed by atoms with Gasteiger partial charge in [0, 0.05) is 12.0 Å². The Bertz CT molecular complexity index is 307. The Morgan fingerprint density at radius 1 is 1.44 bits per heavy atom. The maximum absolute atomic E-state index is 11.4. The van der Waals surface area contributed by atoms with Gasteiger partial charge in [-0.2, -0.15) is 0 Å². The Balaban J connectivity index is 2.10. The van der Waals surface area contributed by atoms with Crippen LogP contribution in [0.3, 0.4) is 0 Å². The van der Waals surface area contributed by atoms with Crippen molar-refractivity contribution in [3.8, 4) is 0 Å². The average Bonchev–Trinajstić information content (AvgIpc) is 2.62. The molecule has 0 aliphatic carbocycles. The lowest BCUT2D eigenvalue weighted by atomic mass is 10.0. The van der Waals surface area contributed by atoms with Crippen LogP contribution in [0.2, 0.25) is 0 Å². The number of rotatable bonds is 9. The smallest absolute Gasteiger partial charge is 0.334 e. The van der Waals surface area contributed by atoms with Crippen LogP contribution in [0.25, 0.3) is 0 Å². The van der Waals surface area contributed by atoms with Gasteiger partial charge in [-0.15, -0.1) is 6.58 Å². The monoisotopic (exact) mass is 252 g/mol. The van der Waals surface area contributed by atoms with Crippen molar-refractivity contribution in [2.75, 3.05) is 0 Å². The molecule has 0 unspecified atom stereocenters. The van der Waals surface area contributed by atoms with E-state index in [1.54, 1.807) is 6.08 Å². The van der Waals surface area contributed by atoms with E-state index in [1.165, 1.54) is 12.8 Å². The number of aliphatic hydroxyl groups excluding tert-OH is 1. The first-order chi connectivity index (χ1) is 8.63. The zero-order valence-corrected chi connectivity index (χ0v) is 11.2. The maximum atomic E-state index is 11.4. The molecule has 18 heavy (non-hydrogen) atoms. The van der Waals surface area contributed by atoms with Crippen LogP contribution in [0.4, 0.5) is 0 Å². The number of carbonyl (C=O) groups is 1. The average molecular weight is 252 g/mol. The molecule has 0 spiro atoms. The number of unbranched alkanes of at least 4 members (excludes halogenated alkanes) is 4. The van der Waals surface area contributed by atoms with Gasteiger partial charge in [-0.1, -0.05) is 25.3 Å². The maximum Gasteiger partial charge on any atom is 0.334 e. The highest BCUT2D eigenvalue weighted by atomic mass is 16.5. The molecule has 0 aromatic heterocycles. The summed E-state index contributed by atoms with van der Waals surface area (Å²) in [6.07, 6.45) is 9.93. The second kappa shape index (κ2) is 8.09. The van der Waals surface area contributed by atoms with Crippen LogP contribution in [0.5, 0.6) is 0 Å². The second-order valence-electron chi connectivity index (χ2n) is 4.94. The molecule has 0 bridgehead atoms. The number of carbonyl (C=O) groups excluding carboxylic acids is 1. The van der Waals surface area contributed by atoms with Crippen LogP contribution >= 0.6 is 0 Å². The van der Waals surface area contributed by atoms with Crippen molar-refractivity contribution >= 4 is 5.97 Å². The van der Waals surface area contributed by atoms with E-state index in [4.69, 9.17) is 4.74 Å². The molecule has 102 valence electrons. The summed E-state index contributed by atoms with van der Waals surface area (Å²) < 4.78 is 4.99. The Hall–Kier alpha value is -1.09. The summed E-state index contributed by atoms with van der Waals surface area (Å²) in [5, 5.41) is 9.85. The number of cyclic esters (lactones) is 1. The number of esters is 1. The normalized spacial score (nSPS) is 20.4. The van der Waals surface area contributed by atoms with Gasteiger partial charge in [0.2, 0.25) is 0 Å². The summed E-state index contributed by atoms with van der Waals surface area (Å²) >= 11 is 0. The molecular formula is C15H24O3. The van der Waals surface area contributed by atoms with Gasteiger partial charge in [0.05, 0.1) is 6.10 Å².